The van der Waals surface area contributed by atoms with Crippen molar-refractivity contribution in [3.8, 4) is 0 Å². The number of hydrogen-bond acceptors (Lipinski definition) is 4. The highest BCUT2D eigenvalue weighted by Crippen LogP contribution is 2.11. The maximum Gasteiger partial charge on any atom is 0.253 e. The Hall–Kier alpha value is -0.620. The van der Waals surface area contributed by atoms with Crippen LogP contribution in [0.5, 0.6) is 0 Å². The van der Waals surface area contributed by atoms with Gasteiger partial charge >= 0.3 is 0 Å². The molecular weight excluding hydrogens is 248 g/mol. The van der Waals surface area contributed by atoms with Crippen LogP contribution in [0.1, 0.15) is 4.88 Å². The van der Waals surface area contributed by atoms with Crippen molar-refractivity contribution < 1.29 is 9.53 Å². The summed E-state index contributed by atoms with van der Waals surface area (Å²) >= 11 is 1.63. The third kappa shape index (κ3) is 4.09. The Morgan fingerprint density at radius 3 is 2.81 bits per heavy atom. The van der Waals surface area contributed by atoms with Crippen LogP contribution in [0.2, 0.25) is 0 Å². The smallest absolute Gasteiger partial charge is 0.253 e. The van der Waals surface area contributed by atoms with Gasteiger partial charge in [0.05, 0.1) is 6.54 Å². The Morgan fingerprint density at radius 1 is 1.69 bits per heavy atom. The quantitative estimate of drug-likeness (QED) is 0.867. The van der Waals surface area contributed by atoms with E-state index in [1.807, 2.05) is 17.5 Å². The van der Waals surface area contributed by atoms with Gasteiger partial charge in [-0.25, -0.2) is 0 Å². The summed E-state index contributed by atoms with van der Waals surface area (Å²) in [4.78, 5) is 14.5. The van der Waals surface area contributed by atoms with Crippen molar-refractivity contribution in [1.29, 1.82) is 0 Å². The standard InChI is InChI=1S/C10H16N2O2S.ClH/c1-12(7-8-4-3-5-15-8)10(13)9(6-11)14-2;/h3-5,9H,6-7,11H2,1-2H3;1H. The van der Waals surface area contributed by atoms with E-state index in [-0.39, 0.29) is 24.9 Å². The van der Waals surface area contributed by atoms with Gasteiger partial charge in [-0.1, -0.05) is 6.07 Å². The van der Waals surface area contributed by atoms with Gasteiger partial charge in [0, 0.05) is 25.6 Å². The summed E-state index contributed by atoms with van der Waals surface area (Å²) in [5, 5.41) is 1.99. The van der Waals surface area contributed by atoms with Gasteiger partial charge in [0.1, 0.15) is 6.10 Å². The van der Waals surface area contributed by atoms with Gasteiger partial charge in [-0.2, -0.15) is 0 Å². The number of rotatable bonds is 5. The van der Waals surface area contributed by atoms with Crippen molar-refractivity contribution in [1.82, 2.24) is 4.90 Å². The summed E-state index contributed by atoms with van der Waals surface area (Å²) in [7, 11) is 3.25. The Morgan fingerprint density at radius 2 is 2.38 bits per heavy atom. The number of carbonyl (C=O) groups is 1. The minimum atomic E-state index is -0.532. The largest absolute Gasteiger partial charge is 0.370 e. The zero-order valence-electron chi connectivity index (χ0n) is 9.38. The van der Waals surface area contributed by atoms with Crippen molar-refractivity contribution in [2.24, 2.45) is 5.73 Å². The number of thiophene rings is 1. The first-order valence-corrected chi connectivity index (χ1v) is 5.57. The summed E-state index contributed by atoms with van der Waals surface area (Å²) in [6.07, 6.45) is -0.532. The van der Waals surface area contributed by atoms with E-state index in [1.165, 1.54) is 7.11 Å². The molecule has 0 bridgehead atoms. The molecule has 1 aromatic rings. The molecule has 1 aromatic heterocycles. The van der Waals surface area contributed by atoms with Crippen LogP contribution in [0.25, 0.3) is 0 Å². The summed E-state index contributed by atoms with van der Waals surface area (Å²) in [5.74, 6) is -0.0756. The molecule has 1 amide bonds. The normalized spacial score (nSPS) is 11.7. The van der Waals surface area contributed by atoms with Crippen LogP contribution in [-0.4, -0.2) is 37.6 Å². The second kappa shape index (κ2) is 7.62. The number of ether oxygens (including phenoxy) is 1. The molecule has 0 fully saturated rings. The topological polar surface area (TPSA) is 55.6 Å². The molecule has 1 heterocycles. The number of methoxy groups -OCH3 is 1. The number of hydrogen-bond donors (Lipinski definition) is 1. The second-order valence-corrected chi connectivity index (χ2v) is 4.27. The number of halogens is 1. The Labute approximate surface area is 106 Å². The molecule has 0 aromatic carbocycles. The molecule has 1 rings (SSSR count). The van der Waals surface area contributed by atoms with Gasteiger partial charge in [-0.15, -0.1) is 23.7 Å². The van der Waals surface area contributed by atoms with Crippen LogP contribution < -0.4 is 5.73 Å². The molecule has 1 atom stereocenters. The number of carbonyl (C=O) groups excluding carboxylic acids is 1. The lowest BCUT2D eigenvalue weighted by Gasteiger charge is -2.21. The first kappa shape index (κ1) is 15.4. The third-order valence-corrected chi connectivity index (χ3v) is 2.98. The van der Waals surface area contributed by atoms with E-state index in [0.717, 1.165) is 4.88 Å². The highest BCUT2D eigenvalue weighted by atomic mass is 35.5. The fraction of sp³-hybridized carbons (Fsp3) is 0.500. The fourth-order valence-electron chi connectivity index (χ4n) is 1.26. The van der Waals surface area contributed by atoms with E-state index in [1.54, 1.807) is 23.3 Å². The second-order valence-electron chi connectivity index (χ2n) is 3.23. The van der Waals surface area contributed by atoms with E-state index in [9.17, 15) is 4.79 Å². The van der Waals surface area contributed by atoms with Crippen molar-refractivity contribution in [2.45, 2.75) is 12.6 Å². The van der Waals surface area contributed by atoms with Gasteiger partial charge in [-0.3, -0.25) is 4.79 Å². The minimum absolute atomic E-state index is 0. The summed E-state index contributed by atoms with van der Waals surface area (Å²) in [6, 6.07) is 3.97. The lowest BCUT2D eigenvalue weighted by atomic mass is 10.3. The van der Waals surface area contributed by atoms with Crippen LogP contribution in [0.3, 0.4) is 0 Å². The summed E-state index contributed by atoms with van der Waals surface area (Å²) in [5.41, 5.74) is 5.43. The molecule has 0 aliphatic carbocycles. The molecule has 1 unspecified atom stereocenters. The summed E-state index contributed by atoms with van der Waals surface area (Å²) in [6.45, 7) is 0.820. The Balaban J connectivity index is 0.00000225. The molecule has 2 N–H and O–H groups in total. The Kier molecular flexibility index (Phi) is 7.33. The molecule has 4 nitrogen and oxygen atoms in total. The SMILES string of the molecule is COC(CN)C(=O)N(C)Cc1cccs1.Cl. The molecule has 92 valence electrons. The highest BCUT2D eigenvalue weighted by molar-refractivity contribution is 7.09. The van der Waals surface area contributed by atoms with Crippen LogP contribution >= 0.6 is 23.7 Å². The number of nitrogens with two attached hydrogens (primary N) is 1. The summed E-state index contributed by atoms with van der Waals surface area (Å²) < 4.78 is 4.99. The monoisotopic (exact) mass is 264 g/mol. The number of likely N-dealkylation sites (N-methyl/N-ethyl adjacent to an activating group) is 1. The average Bonchev–Trinajstić information content (AvgIpc) is 2.72. The lowest BCUT2D eigenvalue weighted by molar-refractivity contribution is -0.140. The van der Waals surface area contributed by atoms with Gasteiger partial charge < -0.3 is 15.4 Å². The predicted octanol–water partition coefficient (Wildman–Crippen LogP) is 1.10. The first-order valence-electron chi connectivity index (χ1n) is 4.69. The highest BCUT2D eigenvalue weighted by Gasteiger charge is 2.20. The molecule has 0 saturated heterocycles. The van der Waals surface area contributed by atoms with Crippen LogP contribution in [0.4, 0.5) is 0 Å². The zero-order valence-corrected chi connectivity index (χ0v) is 11.0. The van der Waals surface area contributed by atoms with Crippen molar-refractivity contribution in [3.05, 3.63) is 22.4 Å². The van der Waals surface area contributed by atoms with Crippen LogP contribution in [0.15, 0.2) is 17.5 Å². The molecular formula is C10H17ClN2O2S. The van der Waals surface area contributed by atoms with Gasteiger partial charge in [0.15, 0.2) is 0 Å². The molecule has 0 saturated carbocycles. The third-order valence-electron chi connectivity index (χ3n) is 2.12. The molecule has 0 spiro atoms. The molecule has 0 aliphatic heterocycles. The van der Waals surface area contributed by atoms with Gasteiger partial charge in [0.25, 0.3) is 5.91 Å². The molecule has 0 aliphatic rings. The van der Waals surface area contributed by atoms with E-state index in [2.05, 4.69) is 0 Å². The molecule has 6 heteroatoms. The first-order chi connectivity index (χ1) is 7.19. The van der Waals surface area contributed by atoms with Crippen LogP contribution in [-0.2, 0) is 16.1 Å². The van der Waals surface area contributed by atoms with E-state index in [0.29, 0.717) is 6.54 Å². The maximum atomic E-state index is 11.8. The maximum absolute atomic E-state index is 11.8. The molecule has 0 radical (unpaired) electrons. The average molecular weight is 265 g/mol. The minimum Gasteiger partial charge on any atom is -0.370 e. The molecule has 16 heavy (non-hydrogen) atoms. The van der Waals surface area contributed by atoms with Crippen molar-refractivity contribution in [3.63, 3.8) is 0 Å². The fourth-order valence-corrected chi connectivity index (χ4v) is 2.02. The van der Waals surface area contributed by atoms with E-state index in [4.69, 9.17) is 10.5 Å². The van der Waals surface area contributed by atoms with E-state index >= 15 is 0 Å². The van der Waals surface area contributed by atoms with Crippen LogP contribution in [0, 0.1) is 0 Å². The van der Waals surface area contributed by atoms with Crippen molar-refractivity contribution in [2.75, 3.05) is 20.7 Å². The zero-order chi connectivity index (χ0) is 11.3. The Bertz CT molecular complexity index is 302. The number of nitrogens with zero attached hydrogens (tertiary/aromatic N) is 1. The van der Waals surface area contributed by atoms with Gasteiger partial charge in [-0.05, 0) is 11.4 Å². The lowest BCUT2D eigenvalue weighted by Crippen LogP contribution is -2.41. The van der Waals surface area contributed by atoms with Crippen molar-refractivity contribution >= 4 is 29.7 Å². The van der Waals surface area contributed by atoms with E-state index < -0.39 is 6.10 Å². The predicted molar refractivity (Wildman–Crippen MR) is 67.9 cm³/mol. The number of amides is 1. The van der Waals surface area contributed by atoms with Gasteiger partial charge in [0.2, 0.25) is 0 Å².